The normalized spacial score (nSPS) is 32.6. The number of aryl methyl sites for hydroxylation is 1. The molecule has 2 N–H and O–H groups in total. The summed E-state index contributed by atoms with van der Waals surface area (Å²) in [4.78, 5) is 12.5. The summed E-state index contributed by atoms with van der Waals surface area (Å²) in [5, 5.41) is 0. The van der Waals surface area contributed by atoms with Gasteiger partial charge in [-0.25, -0.2) is 0 Å². The number of nitrogens with two attached hydrogens (primary N) is 1. The van der Waals surface area contributed by atoms with Crippen molar-refractivity contribution in [3.8, 4) is 5.75 Å². The summed E-state index contributed by atoms with van der Waals surface area (Å²) in [5.74, 6) is 0.951. The number of nitrogen functional groups attached to an aromatic ring is 1. The van der Waals surface area contributed by atoms with Gasteiger partial charge in [-0.2, -0.15) is 0 Å². The second-order valence-electron chi connectivity index (χ2n) is 7.52. The van der Waals surface area contributed by atoms with Gasteiger partial charge < -0.3 is 15.2 Å². The molecule has 3 rings (SSSR count). The highest BCUT2D eigenvalue weighted by Crippen LogP contribution is 2.58. The molecule has 1 aromatic carbocycles. The van der Waals surface area contributed by atoms with Gasteiger partial charge in [-0.1, -0.05) is 13.3 Å². The van der Waals surface area contributed by atoms with Crippen LogP contribution in [0.15, 0.2) is 12.1 Å². The lowest BCUT2D eigenvalue weighted by atomic mass is 9.50. The summed E-state index contributed by atoms with van der Waals surface area (Å²) < 4.78 is 10.6. The van der Waals surface area contributed by atoms with Crippen molar-refractivity contribution in [3.63, 3.8) is 0 Å². The fourth-order valence-electron chi connectivity index (χ4n) is 5.17. The van der Waals surface area contributed by atoms with Gasteiger partial charge in [0.05, 0.1) is 25.3 Å². The molecule has 23 heavy (non-hydrogen) atoms. The third-order valence-electron chi connectivity index (χ3n) is 6.36. The molecular weight excluding hydrogens is 290 g/mol. The Morgan fingerprint density at radius 3 is 2.65 bits per heavy atom. The fourth-order valence-corrected chi connectivity index (χ4v) is 5.17. The number of carbonyl (C=O) groups is 1. The Morgan fingerprint density at radius 2 is 2.00 bits per heavy atom. The average Bonchev–Trinajstić information content (AvgIpc) is 2.53. The summed E-state index contributed by atoms with van der Waals surface area (Å²) in [6.45, 7) is 4.38. The minimum absolute atomic E-state index is 0.0320. The van der Waals surface area contributed by atoms with E-state index in [9.17, 15) is 4.79 Å². The molecule has 2 aliphatic carbocycles. The molecule has 2 aliphatic rings. The van der Waals surface area contributed by atoms with Crippen molar-refractivity contribution in [2.75, 3.05) is 20.0 Å². The van der Waals surface area contributed by atoms with Crippen LogP contribution in [-0.2, 0) is 21.4 Å². The molecule has 0 unspecified atom stereocenters. The molecule has 0 heterocycles. The molecule has 0 aromatic heterocycles. The number of esters is 1. The summed E-state index contributed by atoms with van der Waals surface area (Å²) >= 11 is 0. The number of anilines is 1. The van der Waals surface area contributed by atoms with Crippen LogP contribution in [0.4, 0.5) is 5.69 Å². The predicted molar refractivity (Wildman–Crippen MR) is 90.5 cm³/mol. The molecule has 1 aromatic rings. The van der Waals surface area contributed by atoms with Gasteiger partial charge in [-0.3, -0.25) is 4.79 Å². The highest BCUT2D eigenvalue weighted by Gasteiger charge is 2.55. The number of ether oxygens (including phenoxy) is 2. The first-order chi connectivity index (χ1) is 10.9. The molecule has 4 heteroatoms. The maximum atomic E-state index is 12.5. The van der Waals surface area contributed by atoms with E-state index in [0.29, 0.717) is 5.69 Å². The van der Waals surface area contributed by atoms with Gasteiger partial charge in [0.1, 0.15) is 5.75 Å². The summed E-state index contributed by atoms with van der Waals surface area (Å²) in [6.07, 6.45) is 4.98. The van der Waals surface area contributed by atoms with Crippen molar-refractivity contribution in [1.29, 1.82) is 0 Å². The van der Waals surface area contributed by atoms with Gasteiger partial charge in [-0.05, 0) is 67.2 Å². The van der Waals surface area contributed by atoms with Gasteiger partial charge in [0.25, 0.3) is 0 Å². The van der Waals surface area contributed by atoms with Crippen molar-refractivity contribution in [1.82, 2.24) is 0 Å². The second kappa shape index (κ2) is 5.43. The summed E-state index contributed by atoms with van der Waals surface area (Å²) in [5.41, 5.74) is 8.95. The molecule has 0 amide bonds. The highest BCUT2D eigenvalue weighted by atomic mass is 16.5. The third kappa shape index (κ3) is 2.22. The van der Waals surface area contributed by atoms with E-state index < -0.39 is 5.41 Å². The van der Waals surface area contributed by atoms with E-state index in [-0.39, 0.29) is 17.3 Å². The minimum Gasteiger partial charge on any atom is -0.495 e. The number of carbonyl (C=O) groups excluding carboxylic acids is 1. The molecule has 0 spiro atoms. The molecule has 0 aliphatic heterocycles. The van der Waals surface area contributed by atoms with Gasteiger partial charge in [0, 0.05) is 0 Å². The lowest BCUT2D eigenvalue weighted by Crippen LogP contribution is -2.52. The average molecular weight is 317 g/mol. The van der Waals surface area contributed by atoms with Crippen LogP contribution in [0.1, 0.15) is 50.7 Å². The van der Waals surface area contributed by atoms with Crippen molar-refractivity contribution in [2.24, 2.45) is 11.3 Å². The van der Waals surface area contributed by atoms with Gasteiger partial charge in [-0.15, -0.1) is 0 Å². The van der Waals surface area contributed by atoms with Gasteiger partial charge >= 0.3 is 5.97 Å². The van der Waals surface area contributed by atoms with Crippen LogP contribution >= 0.6 is 0 Å². The number of benzene rings is 1. The van der Waals surface area contributed by atoms with E-state index in [0.717, 1.165) is 37.9 Å². The maximum Gasteiger partial charge on any atom is 0.311 e. The standard InChI is InChI=1S/C19H27NO3/c1-18-8-5-9-19(2,17(21)23-4)16(18)7-6-12-10-14(20)15(22-3)11-13(12)18/h10-11,16H,5-9,20H2,1-4H3/t16-,18-,19+/m1/s1. The van der Waals surface area contributed by atoms with Gasteiger partial charge in [0.2, 0.25) is 0 Å². The first-order valence-electron chi connectivity index (χ1n) is 8.42. The Morgan fingerprint density at radius 1 is 1.26 bits per heavy atom. The lowest BCUT2D eigenvalue weighted by Gasteiger charge is -2.54. The number of methoxy groups -OCH3 is 2. The summed E-state index contributed by atoms with van der Waals surface area (Å²) in [7, 11) is 3.15. The molecule has 1 saturated carbocycles. The molecule has 4 nitrogen and oxygen atoms in total. The van der Waals surface area contributed by atoms with E-state index in [1.165, 1.54) is 18.2 Å². The molecule has 126 valence electrons. The Kier molecular flexibility index (Phi) is 3.81. The van der Waals surface area contributed by atoms with Crippen LogP contribution in [0.2, 0.25) is 0 Å². The van der Waals surface area contributed by atoms with E-state index in [1.54, 1.807) is 7.11 Å². The number of fused-ring (bicyclic) bond motifs is 3. The third-order valence-corrected chi connectivity index (χ3v) is 6.36. The highest BCUT2D eigenvalue weighted by molar-refractivity contribution is 5.77. The molecule has 0 saturated heterocycles. The SMILES string of the molecule is COC(=O)[C@@]1(C)CCC[C@]2(C)c3cc(OC)c(N)cc3CC[C@@H]12. The van der Waals surface area contributed by atoms with Crippen molar-refractivity contribution in [3.05, 3.63) is 23.3 Å². The zero-order valence-electron chi connectivity index (χ0n) is 14.6. The Labute approximate surface area is 138 Å². The number of rotatable bonds is 2. The van der Waals surface area contributed by atoms with Crippen LogP contribution in [0.25, 0.3) is 0 Å². The number of hydrogen-bond donors (Lipinski definition) is 1. The maximum absolute atomic E-state index is 12.5. The Balaban J connectivity index is 2.12. The fraction of sp³-hybridized carbons (Fsp3) is 0.632. The van der Waals surface area contributed by atoms with E-state index >= 15 is 0 Å². The Bertz CT molecular complexity index is 642. The molecule has 1 fully saturated rings. The van der Waals surface area contributed by atoms with Crippen LogP contribution in [0, 0.1) is 11.3 Å². The van der Waals surface area contributed by atoms with Crippen LogP contribution < -0.4 is 10.5 Å². The zero-order valence-corrected chi connectivity index (χ0v) is 14.6. The van der Waals surface area contributed by atoms with Crippen LogP contribution in [0.5, 0.6) is 5.75 Å². The first-order valence-corrected chi connectivity index (χ1v) is 8.42. The number of hydrogen-bond acceptors (Lipinski definition) is 4. The van der Waals surface area contributed by atoms with Crippen molar-refractivity contribution < 1.29 is 14.3 Å². The molecule has 3 atom stereocenters. The summed E-state index contributed by atoms with van der Waals surface area (Å²) in [6, 6.07) is 4.15. The van der Waals surface area contributed by atoms with Crippen molar-refractivity contribution >= 4 is 11.7 Å². The molecule has 0 radical (unpaired) electrons. The Hall–Kier alpha value is -1.71. The van der Waals surface area contributed by atoms with Crippen LogP contribution in [-0.4, -0.2) is 20.2 Å². The minimum atomic E-state index is -0.409. The van der Waals surface area contributed by atoms with E-state index in [1.807, 2.05) is 0 Å². The lowest BCUT2D eigenvalue weighted by molar-refractivity contribution is -0.161. The second-order valence-corrected chi connectivity index (χ2v) is 7.52. The monoisotopic (exact) mass is 317 g/mol. The van der Waals surface area contributed by atoms with Gasteiger partial charge in [0.15, 0.2) is 0 Å². The zero-order chi connectivity index (χ0) is 16.8. The van der Waals surface area contributed by atoms with Crippen molar-refractivity contribution in [2.45, 2.75) is 51.4 Å². The molecule has 0 bridgehead atoms. The predicted octanol–water partition coefficient (Wildman–Crippen LogP) is 3.46. The topological polar surface area (TPSA) is 61.5 Å². The van der Waals surface area contributed by atoms with E-state index in [4.69, 9.17) is 15.2 Å². The first kappa shape index (κ1) is 16.2. The van der Waals surface area contributed by atoms with Crippen LogP contribution in [0.3, 0.4) is 0 Å². The van der Waals surface area contributed by atoms with E-state index in [2.05, 4.69) is 26.0 Å². The molecular formula is C19H27NO3. The quantitative estimate of drug-likeness (QED) is 0.670. The smallest absolute Gasteiger partial charge is 0.311 e. The largest absolute Gasteiger partial charge is 0.495 e.